The lowest BCUT2D eigenvalue weighted by Gasteiger charge is -2.34. The van der Waals surface area contributed by atoms with Gasteiger partial charge in [0.1, 0.15) is 0 Å². The third kappa shape index (κ3) is 5.66. The molecule has 7 nitrogen and oxygen atoms in total. The van der Waals surface area contributed by atoms with Gasteiger partial charge in [-0.1, -0.05) is 19.8 Å². The number of aromatic nitrogens is 2. The van der Waals surface area contributed by atoms with Crippen LogP contribution >= 0.6 is 0 Å². The molecule has 1 aliphatic heterocycles. The lowest BCUT2D eigenvalue weighted by Crippen LogP contribution is -2.44. The monoisotopic (exact) mass is 382 g/mol. The lowest BCUT2D eigenvalue weighted by atomic mass is 10.2. The van der Waals surface area contributed by atoms with Crippen molar-refractivity contribution in [2.24, 2.45) is 0 Å². The molecule has 7 heteroatoms. The van der Waals surface area contributed by atoms with Gasteiger partial charge in [-0.25, -0.2) is 9.97 Å². The van der Waals surface area contributed by atoms with Crippen molar-refractivity contribution in [3.63, 3.8) is 0 Å². The van der Waals surface area contributed by atoms with Crippen LogP contribution in [-0.2, 0) is 0 Å². The first kappa shape index (κ1) is 20.1. The molecule has 0 unspecified atom stereocenters. The van der Waals surface area contributed by atoms with Gasteiger partial charge >= 0.3 is 0 Å². The molecule has 150 valence electrons. The number of piperazine rings is 1. The number of hydrogen-bond donors (Lipinski definition) is 2. The first-order valence-electron chi connectivity index (χ1n) is 10.1. The number of hydrogen-bond acceptors (Lipinski definition) is 6. The number of benzene rings is 1. The van der Waals surface area contributed by atoms with Gasteiger partial charge in [0.15, 0.2) is 0 Å². The predicted molar refractivity (Wildman–Crippen MR) is 114 cm³/mol. The lowest BCUT2D eigenvalue weighted by molar-refractivity contribution is 0.102. The molecular formula is C21H30N6O. The molecule has 3 rings (SSSR count). The fourth-order valence-corrected chi connectivity index (χ4v) is 3.14. The third-order valence-corrected chi connectivity index (χ3v) is 4.97. The molecule has 2 heterocycles. The van der Waals surface area contributed by atoms with Crippen molar-refractivity contribution < 1.29 is 4.79 Å². The molecule has 0 radical (unpaired) electrons. The summed E-state index contributed by atoms with van der Waals surface area (Å²) in [5.74, 6) is 0.356. The molecule has 2 aromatic rings. The Morgan fingerprint density at radius 2 is 1.71 bits per heavy atom. The number of nitrogens with zero attached hydrogens (tertiary/aromatic N) is 4. The standard InChI is InChI=1S/C21H30N6O/c1-3-4-5-10-22-21-23-15-17(16-24-21)20(28)25-18-6-8-19(9-7-18)27-13-11-26(2)12-14-27/h6-9,15-16H,3-5,10-14H2,1-2H3,(H,25,28)(H,22,23,24). The van der Waals surface area contributed by atoms with Crippen LogP contribution in [0.4, 0.5) is 17.3 Å². The van der Waals surface area contributed by atoms with E-state index in [0.29, 0.717) is 11.5 Å². The van der Waals surface area contributed by atoms with Crippen LogP contribution in [0.15, 0.2) is 36.7 Å². The Morgan fingerprint density at radius 3 is 2.36 bits per heavy atom. The van der Waals surface area contributed by atoms with E-state index in [0.717, 1.165) is 44.8 Å². The summed E-state index contributed by atoms with van der Waals surface area (Å²) < 4.78 is 0. The van der Waals surface area contributed by atoms with E-state index in [2.05, 4.69) is 56.5 Å². The molecule has 1 aliphatic rings. The van der Waals surface area contributed by atoms with Crippen LogP contribution < -0.4 is 15.5 Å². The van der Waals surface area contributed by atoms with Crippen LogP contribution in [0.25, 0.3) is 0 Å². The van der Waals surface area contributed by atoms with Crippen molar-refractivity contribution >= 4 is 23.2 Å². The van der Waals surface area contributed by atoms with Gasteiger partial charge in [-0.05, 0) is 37.7 Å². The highest BCUT2D eigenvalue weighted by molar-refractivity contribution is 6.03. The summed E-state index contributed by atoms with van der Waals surface area (Å²) in [6, 6.07) is 7.99. The number of carbonyl (C=O) groups excluding carboxylic acids is 1. The molecule has 0 saturated carbocycles. The zero-order chi connectivity index (χ0) is 19.8. The normalized spacial score (nSPS) is 14.7. The van der Waals surface area contributed by atoms with Crippen LogP contribution in [0.1, 0.15) is 36.5 Å². The molecule has 0 spiro atoms. The molecule has 1 aromatic carbocycles. The Hall–Kier alpha value is -2.67. The maximum atomic E-state index is 12.4. The minimum atomic E-state index is -0.204. The Kier molecular flexibility index (Phi) is 7.19. The minimum Gasteiger partial charge on any atom is -0.369 e. The van der Waals surface area contributed by atoms with E-state index in [1.165, 1.54) is 18.5 Å². The average molecular weight is 383 g/mol. The summed E-state index contributed by atoms with van der Waals surface area (Å²) in [5.41, 5.74) is 2.40. The van der Waals surface area contributed by atoms with Gasteiger partial charge in [0, 0.05) is 56.5 Å². The first-order chi connectivity index (χ1) is 13.7. The highest BCUT2D eigenvalue weighted by atomic mass is 16.1. The number of rotatable bonds is 8. The Bertz CT molecular complexity index is 738. The summed E-state index contributed by atoms with van der Waals surface area (Å²) >= 11 is 0. The third-order valence-electron chi connectivity index (χ3n) is 4.97. The van der Waals surface area contributed by atoms with Crippen LogP contribution in [-0.4, -0.2) is 60.5 Å². The SMILES string of the molecule is CCCCCNc1ncc(C(=O)Nc2ccc(N3CCN(C)CC3)cc2)cn1. The molecule has 1 amide bonds. The van der Waals surface area contributed by atoms with E-state index >= 15 is 0 Å². The molecule has 1 aromatic heterocycles. The van der Waals surface area contributed by atoms with Crippen LogP contribution in [0.2, 0.25) is 0 Å². The zero-order valence-electron chi connectivity index (χ0n) is 16.8. The van der Waals surface area contributed by atoms with Gasteiger partial charge in [0.25, 0.3) is 5.91 Å². The van der Waals surface area contributed by atoms with Crippen LogP contribution in [0.3, 0.4) is 0 Å². The summed E-state index contributed by atoms with van der Waals surface area (Å²) in [6.07, 6.45) is 6.57. The second kappa shape index (κ2) is 10.0. The Balaban J connectivity index is 1.51. The summed E-state index contributed by atoms with van der Waals surface area (Å²) in [5, 5.41) is 6.08. The summed E-state index contributed by atoms with van der Waals surface area (Å²) in [7, 11) is 2.15. The number of anilines is 3. The van der Waals surface area contributed by atoms with E-state index in [-0.39, 0.29) is 5.91 Å². The summed E-state index contributed by atoms with van der Waals surface area (Å²) in [4.78, 5) is 25.6. The summed E-state index contributed by atoms with van der Waals surface area (Å²) in [6.45, 7) is 7.21. The van der Waals surface area contributed by atoms with Gasteiger partial charge in [-0.2, -0.15) is 0 Å². The molecule has 0 atom stereocenters. The van der Waals surface area contributed by atoms with E-state index in [4.69, 9.17) is 0 Å². The maximum Gasteiger partial charge on any atom is 0.258 e. The van der Waals surface area contributed by atoms with E-state index in [9.17, 15) is 4.79 Å². The van der Waals surface area contributed by atoms with Crippen LogP contribution in [0, 0.1) is 0 Å². The van der Waals surface area contributed by atoms with Gasteiger partial charge < -0.3 is 20.4 Å². The van der Waals surface area contributed by atoms with Gasteiger partial charge in [0.2, 0.25) is 5.95 Å². The van der Waals surface area contributed by atoms with Gasteiger partial charge in [-0.15, -0.1) is 0 Å². The van der Waals surface area contributed by atoms with Crippen molar-refractivity contribution in [1.82, 2.24) is 14.9 Å². The molecule has 2 N–H and O–H groups in total. The second-order valence-electron chi connectivity index (χ2n) is 7.22. The van der Waals surface area contributed by atoms with Gasteiger partial charge in [0.05, 0.1) is 5.56 Å². The highest BCUT2D eigenvalue weighted by Gasteiger charge is 2.14. The topological polar surface area (TPSA) is 73.4 Å². The van der Waals surface area contributed by atoms with E-state index in [1.54, 1.807) is 12.4 Å². The highest BCUT2D eigenvalue weighted by Crippen LogP contribution is 2.19. The predicted octanol–water partition coefficient (Wildman–Crippen LogP) is 3.08. The average Bonchev–Trinajstić information content (AvgIpc) is 2.73. The molecule has 0 bridgehead atoms. The van der Waals surface area contributed by atoms with Gasteiger partial charge in [-0.3, -0.25) is 4.79 Å². The Morgan fingerprint density at radius 1 is 1.04 bits per heavy atom. The van der Waals surface area contributed by atoms with Crippen molar-refractivity contribution in [3.05, 3.63) is 42.2 Å². The number of nitrogens with one attached hydrogen (secondary N) is 2. The fraction of sp³-hybridized carbons (Fsp3) is 0.476. The molecule has 0 aliphatic carbocycles. The fourth-order valence-electron chi connectivity index (χ4n) is 3.14. The molecule has 28 heavy (non-hydrogen) atoms. The number of amides is 1. The van der Waals surface area contributed by atoms with Crippen molar-refractivity contribution in [2.45, 2.75) is 26.2 Å². The molecular weight excluding hydrogens is 352 g/mol. The molecule has 1 saturated heterocycles. The largest absolute Gasteiger partial charge is 0.369 e. The van der Waals surface area contributed by atoms with Crippen LogP contribution in [0.5, 0.6) is 0 Å². The van der Waals surface area contributed by atoms with Crippen molar-refractivity contribution in [1.29, 1.82) is 0 Å². The van der Waals surface area contributed by atoms with Crippen molar-refractivity contribution in [3.8, 4) is 0 Å². The number of unbranched alkanes of at least 4 members (excludes halogenated alkanes) is 2. The van der Waals surface area contributed by atoms with E-state index < -0.39 is 0 Å². The smallest absolute Gasteiger partial charge is 0.258 e. The quantitative estimate of drug-likeness (QED) is 0.684. The minimum absolute atomic E-state index is 0.204. The van der Waals surface area contributed by atoms with Crippen molar-refractivity contribution in [2.75, 3.05) is 55.3 Å². The number of likely N-dealkylation sites (N-methyl/N-ethyl adjacent to an activating group) is 1. The number of carbonyl (C=O) groups is 1. The second-order valence-corrected chi connectivity index (χ2v) is 7.22. The maximum absolute atomic E-state index is 12.4. The van der Waals surface area contributed by atoms with E-state index in [1.807, 2.05) is 12.1 Å². The molecule has 1 fully saturated rings. The zero-order valence-corrected chi connectivity index (χ0v) is 16.8. The Labute approximate surface area is 167 Å². The first-order valence-corrected chi connectivity index (χ1v) is 10.1.